The third kappa shape index (κ3) is 7.57. The van der Waals surface area contributed by atoms with Crippen molar-refractivity contribution >= 4 is 11.8 Å². The van der Waals surface area contributed by atoms with Crippen molar-refractivity contribution in [3.05, 3.63) is 0 Å². The Bertz CT molecular complexity index is 210. The molecule has 14 heavy (non-hydrogen) atoms. The summed E-state index contributed by atoms with van der Waals surface area (Å²) in [6.45, 7) is 1.67. The number of ether oxygens (including phenoxy) is 1. The molecule has 0 amide bonds. The van der Waals surface area contributed by atoms with E-state index in [0.29, 0.717) is 0 Å². The predicted molar refractivity (Wildman–Crippen MR) is 41.5 cm³/mol. The Hall–Kier alpha value is -1.07. The molecule has 0 saturated carbocycles. The highest BCUT2D eigenvalue weighted by molar-refractivity contribution is 5.95. The van der Waals surface area contributed by atoms with Gasteiger partial charge in [0.1, 0.15) is 12.2 Å². The first-order valence-corrected chi connectivity index (χ1v) is 4.09. The van der Waals surface area contributed by atoms with Crippen LogP contribution in [-0.2, 0) is 14.3 Å². The first-order chi connectivity index (χ1) is 6.35. The van der Waals surface area contributed by atoms with Crippen LogP contribution in [-0.4, -0.2) is 24.5 Å². The smallest absolute Gasteiger partial charge is 0.389 e. The SMILES string of the molecule is CCOC(=O)CC(=O)CCC(F)(F)F. The first-order valence-electron chi connectivity index (χ1n) is 4.09. The molecule has 0 N–H and O–H groups in total. The maximum Gasteiger partial charge on any atom is 0.389 e. The third-order valence-corrected chi connectivity index (χ3v) is 1.33. The summed E-state index contributed by atoms with van der Waals surface area (Å²) in [5, 5.41) is 0. The highest BCUT2D eigenvalue weighted by atomic mass is 19.4. The van der Waals surface area contributed by atoms with Crippen molar-refractivity contribution in [2.75, 3.05) is 6.61 Å². The van der Waals surface area contributed by atoms with E-state index in [9.17, 15) is 22.8 Å². The second-order valence-electron chi connectivity index (χ2n) is 2.64. The van der Waals surface area contributed by atoms with E-state index in [2.05, 4.69) is 4.74 Å². The highest BCUT2D eigenvalue weighted by Crippen LogP contribution is 2.21. The number of hydrogen-bond acceptors (Lipinski definition) is 3. The van der Waals surface area contributed by atoms with Crippen LogP contribution in [0.3, 0.4) is 0 Å². The van der Waals surface area contributed by atoms with Crippen molar-refractivity contribution in [1.29, 1.82) is 0 Å². The number of carbonyl (C=O) groups excluding carboxylic acids is 2. The lowest BCUT2D eigenvalue weighted by Gasteiger charge is -2.04. The van der Waals surface area contributed by atoms with Crippen molar-refractivity contribution in [3.8, 4) is 0 Å². The molecule has 0 aliphatic heterocycles. The second kappa shape index (κ2) is 5.62. The number of hydrogen-bond donors (Lipinski definition) is 0. The van der Waals surface area contributed by atoms with Gasteiger partial charge in [0.05, 0.1) is 13.0 Å². The number of esters is 1. The molecule has 0 aromatic rings. The molecule has 0 spiro atoms. The van der Waals surface area contributed by atoms with Crippen LogP contribution in [0.4, 0.5) is 13.2 Å². The Balaban J connectivity index is 3.71. The molecule has 82 valence electrons. The number of halogens is 3. The van der Waals surface area contributed by atoms with Gasteiger partial charge in [-0.3, -0.25) is 9.59 Å². The van der Waals surface area contributed by atoms with Gasteiger partial charge >= 0.3 is 12.1 Å². The van der Waals surface area contributed by atoms with Crippen LogP contribution in [0.1, 0.15) is 26.2 Å². The average molecular weight is 212 g/mol. The highest BCUT2D eigenvalue weighted by Gasteiger charge is 2.28. The van der Waals surface area contributed by atoms with Crippen molar-refractivity contribution in [2.45, 2.75) is 32.4 Å². The molecule has 0 unspecified atom stereocenters. The van der Waals surface area contributed by atoms with E-state index in [1.54, 1.807) is 6.92 Å². The zero-order valence-electron chi connectivity index (χ0n) is 7.69. The summed E-state index contributed by atoms with van der Waals surface area (Å²) in [5.74, 6) is -1.53. The lowest BCUT2D eigenvalue weighted by atomic mass is 10.1. The van der Waals surface area contributed by atoms with E-state index < -0.39 is 37.2 Å². The number of ketones is 1. The molecule has 0 saturated heterocycles. The van der Waals surface area contributed by atoms with Crippen molar-refractivity contribution < 1.29 is 27.5 Å². The molecule has 0 aromatic carbocycles. The molecule has 0 fully saturated rings. The van der Waals surface area contributed by atoms with Crippen molar-refractivity contribution in [3.63, 3.8) is 0 Å². The standard InChI is InChI=1S/C8H11F3O3/c1-2-14-7(13)5-6(12)3-4-8(9,10)11/h2-5H2,1H3. The van der Waals surface area contributed by atoms with Crippen molar-refractivity contribution in [2.24, 2.45) is 0 Å². The summed E-state index contributed by atoms with van der Waals surface area (Å²) in [6, 6.07) is 0. The maximum atomic E-state index is 11.6. The van der Waals surface area contributed by atoms with Crippen LogP contribution in [0.5, 0.6) is 0 Å². The summed E-state index contributed by atoms with van der Waals surface area (Å²) in [6.07, 6.45) is -6.79. The summed E-state index contributed by atoms with van der Waals surface area (Å²) in [4.78, 5) is 21.4. The minimum Gasteiger partial charge on any atom is -0.466 e. The Morgan fingerprint density at radius 1 is 1.29 bits per heavy atom. The van der Waals surface area contributed by atoms with Gasteiger partial charge in [0.15, 0.2) is 0 Å². The molecular weight excluding hydrogens is 201 g/mol. The Kier molecular flexibility index (Phi) is 5.19. The summed E-state index contributed by atoms with van der Waals surface area (Å²) in [5.41, 5.74) is 0. The number of carbonyl (C=O) groups is 2. The van der Waals surface area contributed by atoms with Crippen LogP contribution in [0, 0.1) is 0 Å². The molecule has 0 rings (SSSR count). The third-order valence-electron chi connectivity index (χ3n) is 1.33. The second-order valence-corrected chi connectivity index (χ2v) is 2.64. The number of Topliss-reactive ketones (excluding diaryl/α,β-unsaturated/α-hetero) is 1. The van der Waals surface area contributed by atoms with E-state index in [1.807, 2.05) is 0 Å². The topological polar surface area (TPSA) is 43.4 Å². The monoisotopic (exact) mass is 212 g/mol. The molecule has 0 atom stereocenters. The Morgan fingerprint density at radius 2 is 1.86 bits per heavy atom. The van der Waals surface area contributed by atoms with Gasteiger partial charge in [0.2, 0.25) is 0 Å². The molecule has 0 heterocycles. The van der Waals surface area contributed by atoms with Crippen molar-refractivity contribution in [1.82, 2.24) is 0 Å². The van der Waals surface area contributed by atoms with Gasteiger partial charge in [-0.05, 0) is 6.92 Å². The number of rotatable bonds is 5. The van der Waals surface area contributed by atoms with E-state index in [-0.39, 0.29) is 6.61 Å². The van der Waals surface area contributed by atoms with Gasteiger partial charge in [-0.25, -0.2) is 0 Å². The lowest BCUT2D eigenvalue weighted by molar-refractivity contribution is -0.150. The molecule has 0 aliphatic carbocycles. The fraction of sp³-hybridized carbons (Fsp3) is 0.750. The maximum absolute atomic E-state index is 11.6. The molecule has 0 radical (unpaired) electrons. The minimum absolute atomic E-state index is 0.116. The van der Waals surface area contributed by atoms with Gasteiger partial charge in [0, 0.05) is 6.42 Å². The van der Waals surface area contributed by atoms with Crippen LogP contribution in [0.15, 0.2) is 0 Å². The van der Waals surface area contributed by atoms with E-state index in [4.69, 9.17) is 0 Å². The quantitative estimate of drug-likeness (QED) is 0.516. The lowest BCUT2D eigenvalue weighted by Crippen LogP contribution is -2.15. The molecule has 6 heteroatoms. The molecular formula is C8H11F3O3. The average Bonchev–Trinajstić information content (AvgIpc) is 2.00. The fourth-order valence-corrected chi connectivity index (χ4v) is 0.743. The van der Waals surface area contributed by atoms with Gasteiger partial charge in [-0.1, -0.05) is 0 Å². The minimum atomic E-state index is -4.36. The zero-order valence-corrected chi connectivity index (χ0v) is 7.69. The van der Waals surface area contributed by atoms with Crippen LogP contribution in [0.25, 0.3) is 0 Å². The molecule has 0 aromatic heterocycles. The zero-order chi connectivity index (χ0) is 11.2. The fourth-order valence-electron chi connectivity index (χ4n) is 0.743. The van der Waals surface area contributed by atoms with E-state index in [1.165, 1.54) is 0 Å². The number of alkyl halides is 3. The Morgan fingerprint density at radius 3 is 2.29 bits per heavy atom. The summed E-state index contributed by atoms with van der Waals surface area (Å²) >= 11 is 0. The van der Waals surface area contributed by atoms with Crippen LogP contribution in [0.2, 0.25) is 0 Å². The summed E-state index contributed by atoms with van der Waals surface area (Å²) < 4.78 is 39.3. The van der Waals surface area contributed by atoms with Gasteiger partial charge in [-0.2, -0.15) is 13.2 Å². The van der Waals surface area contributed by atoms with E-state index >= 15 is 0 Å². The van der Waals surface area contributed by atoms with Gasteiger partial charge < -0.3 is 4.74 Å². The molecule has 3 nitrogen and oxygen atoms in total. The Labute approximate surface area is 79.2 Å². The van der Waals surface area contributed by atoms with Crippen LogP contribution >= 0.6 is 0 Å². The summed E-state index contributed by atoms with van der Waals surface area (Å²) in [7, 11) is 0. The van der Waals surface area contributed by atoms with Gasteiger partial charge in [0.25, 0.3) is 0 Å². The largest absolute Gasteiger partial charge is 0.466 e. The predicted octanol–water partition coefficient (Wildman–Crippen LogP) is 1.85. The first kappa shape index (κ1) is 12.9. The van der Waals surface area contributed by atoms with Gasteiger partial charge in [-0.15, -0.1) is 0 Å². The van der Waals surface area contributed by atoms with E-state index in [0.717, 1.165) is 0 Å². The molecule has 0 bridgehead atoms. The van der Waals surface area contributed by atoms with Crippen LogP contribution < -0.4 is 0 Å². The normalized spacial score (nSPS) is 11.1. The molecule has 0 aliphatic rings.